The van der Waals surface area contributed by atoms with Gasteiger partial charge in [-0.25, -0.2) is 8.42 Å². The maximum atomic E-state index is 13.2. The average molecular weight is 359 g/mol. The number of ether oxygens (including phenoxy) is 2. The van der Waals surface area contributed by atoms with Gasteiger partial charge in [0.15, 0.2) is 11.5 Å². The first-order chi connectivity index (χ1) is 12.1. The molecule has 4 rings (SSSR count). The van der Waals surface area contributed by atoms with E-state index in [1.165, 1.54) is 0 Å². The zero-order valence-electron chi connectivity index (χ0n) is 13.9. The molecule has 0 N–H and O–H groups in total. The smallest absolute Gasteiger partial charge is 0.243 e. The number of fused-ring (bicyclic) bond motifs is 1. The molecule has 6 heteroatoms. The van der Waals surface area contributed by atoms with Gasteiger partial charge in [-0.1, -0.05) is 30.3 Å². The van der Waals surface area contributed by atoms with Crippen LogP contribution >= 0.6 is 0 Å². The zero-order chi connectivity index (χ0) is 17.3. The van der Waals surface area contributed by atoms with Gasteiger partial charge in [-0.15, -0.1) is 0 Å². The Labute approximate surface area is 148 Å². The average Bonchev–Trinajstić information content (AvgIpc) is 3.46. The van der Waals surface area contributed by atoms with Gasteiger partial charge in [0.05, 0.1) is 18.1 Å². The molecule has 1 aliphatic heterocycles. The Morgan fingerprint density at radius 1 is 0.960 bits per heavy atom. The lowest BCUT2D eigenvalue weighted by Gasteiger charge is -2.22. The van der Waals surface area contributed by atoms with Crippen LogP contribution in [0.15, 0.2) is 53.4 Å². The van der Waals surface area contributed by atoms with Crippen molar-refractivity contribution in [3.05, 3.63) is 54.1 Å². The molecular weight excluding hydrogens is 338 g/mol. The van der Waals surface area contributed by atoms with Crippen molar-refractivity contribution in [1.82, 2.24) is 4.31 Å². The summed E-state index contributed by atoms with van der Waals surface area (Å²) >= 11 is 0. The summed E-state index contributed by atoms with van der Waals surface area (Å²) in [7, 11) is -3.58. The van der Waals surface area contributed by atoms with Crippen LogP contribution in [0.4, 0.5) is 0 Å². The third kappa shape index (κ3) is 3.50. The summed E-state index contributed by atoms with van der Waals surface area (Å²) in [5, 5.41) is 0. The molecule has 2 aromatic carbocycles. The fraction of sp³-hybridized carbons (Fsp3) is 0.368. The van der Waals surface area contributed by atoms with Crippen LogP contribution in [0.2, 0.25) is 0 Å². The number of hydrogen-bond acceptors (Lipinski definition) is 4. The Bertz CT molecular complexity index is 847. The largest absolute Gasteiger partial charge is 0.490 e. The third-order valence-electron chi connectivity index (χ3n) is 4.46. The maximum absolute atomic E-state index is 13.2. The number of hydrogen-bond donors (Lipinski definition) is 0. The first-order valence-electron chi connectivity index (χ1n) is 8.60. The summed E-state index contributed by atoms with van der Waals surface area (Å²) in [6.45, 7) is 1.51. The van der Waals surface area contributed by atoms with Gasteiger partial charge >= 0.3 is 0 Å². The lowest BCUT2D eigenvalue weighted by molar-refractivity contribution is 0.296. The first kappa shape index (κ1) is 16.4. The summed E-state index contributed by atoms with van der Waals surface area (Å²) < 4.78 is 39.3. The second-order valence-corrected chi connectivity index (χ2v) is 8.32. The topological polar surface area (TPSA) is 55.8 Å². The highest BCUT2D eigenvalue weighted by molar-refractivity contribution is 7.89. The highest BCUT2D eigenvalue weighted by Crippen LogP contribution is 2.37. The molecular formula is C19H21NO4S. The van der Waals surface area contributed by atoms with Crippen molar-refractivity contribution in [3.8, 4) is 11.5 Å². The molecule has 1 heterocycles. The van der Waals surface area contributed by atoms with E-state index >= 15 is 0 Å². The van der Waals surface area contributed by atoms with Crippen molar-refractivity contribution in [2.45, 2.75) is 36.7 Å². The minimum Gasteiger partial charge on any atom is -0.490 e. The van der Waals surface area contributed by atoms with E-state index in [-0.39, 0.29) is 10.9 Å². The normalized spacial score (nSPS) is 17.3. The predicted octanol–water partition coefficient (Wildman–Crippen LogP) is 3.20. The monoisotopic (exact) mass is 359 g/mol. The van der Waals surface area contributed by atoms with E-state index in [1.54, 1.807) is 22.5 Å². The number of nitrogens with zero attached hydrogens (tertiary/aromatic N) is 1. The van der Waals surface area contributed by atoms with Gasteiger partial charge in [-0.2, -0.15) is 4.31 Å². The summed E-state index contributed by atoms with van der Waals surface area (Å²) in [5.74, 6) is 1.12. The molecule has 1 fully saturated rings. The van der Waals surface area contributed by atoms with Crippen LogP contribution < -0.4 is 9.47 Å². The minimum absolute atomic E-state index is 0.0844. The fourth-order valence-electron chi connectivity index (χ4n) is 2.98. The molecule has 0 amide bonds. The number of sulfonamides is 1. The Hall–Kier alpha value is -2.05. The summed E-state index contributed by atoms with van der Waals surface area (Å²) in [6.07, 6.45) is 2.62. The van der Waals surface area contributed by atoms with Crippen LogP contribution in [0, 0.1) is 0 Å². The molecule has 0 radical (unpaired) electrons. The van der Waals surface area contributed by atoms with Crippen LogP contribution in [-0.4, -0.2) is 32.0 Å². The lowest BCUT2D eigenvalue weighted by atomic mass is 10.2. The Morgan fingerprint density at radius 2 is 1.68 bits per heavy atom. The van der Waals surface area contributed by atoms with Crippen molar-refractivity contribution in [1.29, 1.82) is 0 Å². The van der Waals surface area contributed by atoms with Crippen molar-refractivity contribution in [2.75, 3.05) is 13.2 Å². The van der Waals surface area contributed by atoms with Gasteiger partial charge in [-0.3, -0.25) is 0 Å². The van der Waals surface area contributed by atoms with Crippen molar-refractivity contribution < 1.29 is 17.9 Å². The van der Waals surface area contributed by atoms with Crippen LogP contribution in [-0.2, 0) is 16.6 Å². The molecule has 132 valence electrons. The van der Waals surface area contributed by atoms with Gasteiger partial charge in [0.1, 0.15) is 0 Å². The summed E-state index contributed by atoms with van der Waals surface area (Å²) in [4.78, 5) is 0.264. The zero-order valence-corrected chi connectivity index (χ0v) is 14.7. The molecule has 25 heavy (non-hydrogen) atoms. The van der Waals surface area contributed by atoms with E-state index in [0.29, 0.717) is 31.3 Å². The van der Waals surface area contributed by atoms with Crippen molar-refractivity contribution in [3.63, 3.8) is 0 Å². The fourth-order valence-corrected chi connectivity index (χ4v) is 4.66. The number of benzene rings is 2. The Balaban J connectivity index is 1.66. The van der Waals surface area contributed by atoms with Gasteiger partial charge in [0.2, 0.25) is 10.0 Å². The molecule has 1 aliphatic carbocycles. The molecule has 2 aliphatic rings. The summed E-state index contributed by atoms with van der Waals surface area (Å²) in [5.41, 5.74) is 0.993. The quantitative estimate of drug-likeness (QED) is 0.823. The molecule has 1 saturated carbocycles. The van der Waals surface area contributed by atoms with E-state index in [0.717, 1.165) is 24.8 Å². The van der Waals surface area contributed by atoms with E-state index in [2.05, 4.69) is 0 Å². The van der Waals surface area contributed by atoms with E-state index in [1.807, 2.05) is 30.3 Å². The second kappa shape index (κ2) is 6.69. The van der Waals surface area contributed by atoms with Crippen molar-refractivity contribution >= 4 is 10.0 Å². The van der Waals surface area contributed by atoms with E-state index in [4.69, 9.17) is 9.47 Å². The Morgan fingerprint density at radius 3 is 2.40 bits per heavy atom. The van der Waals surface area contributed by atoms with Gasteiger partial charge in [0.25, 0.3) is 0 Å². The van der Waals surface area contributed by atoms with Gasteiger partial charge in [0, 0.05) is 25.1 Å². The lowest BCUT2D eigenvalue weighted by Crippen LogP contribution is -2.32. The van der Waals surface area contributed by atoms with Crippen LogP contribution in [0.5, 0.6) is 11.5 Å². The van der Waals surface area contributed by atoms with E-state index < -0.39 is 10.0 Å². The van der Waals surface area contributed by atoms with Crippen molar-refractivity contribution in [2.24, 2.45) is 0 Å². The standard InChI is InChI=1S/C19H21NO4S/c21-25(22,17-9-10-18-19(13-17)24-12-4-11-23-18)20(16-7-8-16)14-15-5-2-1-3-6-15/h1-3,5-6,9-10,13,16H,4,7-8,11-12,14H2. The van der Waals surface area contributed by atoms with Crippen LogP contribution in [0.3, 0.4) is 0 Å². The SMILES string of the molecule is O=S(=O)(c1ccc2c(c1)OCCCO2)N(Cc1ccccc1)C1CC1. The molecule has 5 nitrogen and oxygen atoms in total. The maximum Gasteiger partial charge on any atom is 0.243 e. The minimum atomic E-state index is -3.58. The predicted molar refractivity (Wildman–Crippen MR) is 94.2 cm³/mol. The number of rotatable bonds is 5. The molecule has 0 spiro atoms. The molecule has 0 unspecified atom stereocenters. The molecule has 0 saturated heterocycles. The van der Waals surface area contributed by atoms with Gasteiger partial charge < -0.3 is 9.47 Å². The van der Waals surface area contributed by atoms with E-state index in [9.17, 15) is 8.42 Å². The highest BCUT2D eigenvalue weighted by atomic mass is 32.2. The molecule has 0 atom stereocenters. The summed E-state index contributed by atoms with van der Waals surface area (Å²) in [6, 6.07) is 14.7. The molecule has 2 aromatic rings. The van der Waals surface area contributed by atoms with Crippen LogP contribution in [0.25, 0.3) is 0 Å². The van der Waals surface area contributed by atoms with Crippen LogP contribution in [0.1, 0.15) is 24.8 Å². The van der Waals surface area contributed by atoms with Gasteiger partial charge in [-0.05, 0) is 30.5 Å². The second-order valence-electron chi connectivity index (χ2n) is 6.43. The molecule has 0 aromatic heterocycles. The third-order valence-corrected chi connectivity index (χ3v) is 6.36. The Kier molecular flexibility index (Phi) is 4.39. The molecule has 0 bridgehead atoms. The highest BCUT2D eigenvalue weighted by Gasteiger charge is 2.38. The first-order valence-corrected chi connectivity index (χ1v) is 10.0.